The zero-order chi connectivity index (χ0) is 20.2. The molecule has 7 heteroatoms. The van der Waals surface area contributed by atoms with Crippen molar-refractivity contribution in [2.75, 3.05) is 18.5 Å². The molecule has 1 saturated heterocycles. The number of carbonyl (C=O) groups is 1. The largest absolute Gasteiger partial charge is 0.381 e. The summed E-state index contributed by atoms with van der Waals surface area (Å²) in [5, 5.41) is 12.0. The number of carbonyl (C=O) groups excluding carboxylic acids is 1. The van der Waals surface area contributed by atoms with Crippen LogP contribution in [0.4, 0.5) is 5.69 Å². The number of anilines is 1. The van der Waals surface area contributed by atoms with Gasteiger partial charge in [-0.15, -0.1) is 0 Å². The summed E-state index contributed by atoms with van der Waals surface area (Å²) < 4.78 is 7.32. The third-order valence-corrected chi connectivity index (χ3v) is 5.43. The number of fused-ring (bicyclic) bond motifs is 1. The summed E-state index contributed by atoms with van der Waals surface area (Å²) in [5.74, 6) is -0.144. The number of aromatic nitrogens is 3. The molecule has 3 heterocycles. The van der Waals surface area contributed by atoms with E-state index in [0.717, 1.165) is 54.9 Å². The topological polar surface area (TPSA) is 81.1 Å². The predicted octanol–water partition coefficient (Wildman–Crippen LogP) is 3.53. The molecule has 1 amide bonds. The van der Waals surface area contributed by atoms with Gasteiger partial charge in [-0.2, -0.15) is 5.10 Å². The van der Waals surface area contributed by atoms with Gasteiger partial charge in [0.05, 0.1) is 28.9 Å². The van der Waals surface area contributed by atoms with Gasteiger partial charge >= 0.3 is 0 Å². The van der Waals surface area contributed by atoms with Crippen LogP contribution in [0.2, 0.25) is 0 Å². The number of aryl methyl sites for hydroxylation is 1. The van der Waals surface area contributed by atoms with Gasteiger partial charge in [0.1, 0.15) is 0 Å². The van der Waals surface area contributed by atoms with E-state index in [0.29, 0.717) is 5.56 Å². The Hall–Kier alpha value is -2.93. The maximum Gasteiger partial charge on any atom is 0.255 e. The van der Waals surface area contributed by atoms with Gasteiger partial charge in [0, 0.05) is 32.0 Å². The lowest BCUT2D eigenvalue weighted by Crippen LogP contribution is -2.31. The highest BCUT2D eigenvalue weighted by Gasteiger charge is 2.23. The summed E-state index contributed by atoms with van der Waals surface area (Å²) >= 11 is 0. The van der Waals surface area contributed by atoms with E-state index in [9.17, 15) is 4.79 Å². The monoisotopic (exact) mass is 393 g/mol. The van der Waals surface area contributed by atoms with E-state index in [2.05, 4.69) is 20.7 Å². The molecule has 29 heavy (non-hydrogen) atoms. The van der Waals surface area contributed by atoms with Gasteiger partial charge in [-0.25, -0.2) is 9.67 Å². The Morgan fingerprint density at radius 2 is 2.00 bits per heavy atom. The van der Waals surface area contributed by atoms with Crippen LogP contribution in [0.1, 0.15) is 48.7 Å². The molecule has 4 rings (SSSR count). The molecule has 1 aromatic carbocycles. The Kier molecular flexibility index (Phi) is 5.76. The quantitative estimate of drug-likeness (QED) is 0.670. The van der Waals surface area contributed by atoms with E-state index in [4.69, 9.17) is 4.74 Å². The van der Waals surface area contributed by atoms with Crippen LogP contribution in [0.15, 0.2) is 42.7 Å². The number of nitrogens with one attached hydrogen (secondary N) is 2. The molecular formula is C22H27N5O2. The molecule has 2 aromatic heterocycles. The molecule has 0 spiro atoms. The summed E-state index contributed by atoms with van der Waals surface area (Å²) in [6.07, 6.45) is 5.27. The molecule has 0 unspecified atom stereocenters. The fourth-order valence-electron chi connectivity index (χ4n) is 3.73. The minimum atomic E-state index is -0.144. The maximum atomic E-state index is 13.2. The Morgan fingerprint density at radius 1 is 1.24 bits per heavy atom. The summed E-state index contributed by atoms with van der Waals surface area (Å²) in [6.45, 7) is 6.20. The first-order valence-corrected chi connectivity index (χ1v) is 10.2. The smallest absolute Gasteiger partial charge is 0.255 e. The molecule has 2 N–H and O–H groups in total. The number of hydrogen-bond acceptors (Lipinski definition) is 5. The third kappa shape index (κ3) is 4.10. The van der Waals surface area contributed by atoms with Gasteiger partial charge in [-0.05, 0) is 32.3 Å². The molecule has 1 fully saturated rings. The number of hydrogen-bond donors (Lipinski definition) is 2. The summed E-state index contributed by atoms with van der Waals surface area (Å²) in [6, 6.07) is 10.1. The molecule has 0 radical (unpaired) electrons. The van der Waals surface area contributed by atoms with E-state index in [-0.39, 0.29) is 18.0 Å². The van der Waals surface area contributed by atoms with Gasteiger partial charge in [0.25, 0.3) is 5.91 Å². The lowest BCUT2D eigenvalue weighted by molar-refractivity contribution is 0.0903. The first-order valence-electron chi connectivity index (χ1n) is 10.2. The van der Waals surface area contributed by atoms with Crippen LogP contribution in [0.3, 0.4) is 0 Å². The Morgan fingerprint density at radius 3 is 2.72 bits per heavy atom. The van der Waals surface area contributed by atoms with Crippen LogP contribution in [0, 0.1) is 0 Å². The third-order valence-electron chi connectivity index (χ3n) is 5.43. The van der Waals surface area contributed by atoms with Crippen LogP contribution >= 0.6 is 0 Å². The average molecular weight is 393 g/mol. The summed E-state index contributed by atoms with van der Waals surface area (Å²) in [5.41, 5.74) is 3.20. The molecule has 1 atom stereocenters. The van der Waals surface area contributed by atoms with Crippen LogP contribution in [0.5, 0.6) is 0 Å². The fourth-order valence-corrected chi connectivity index (χ4v) is 3.73. The standard InChI is InChI=1S/C22H27N5O2/c1-3-27-21-18(14-24-27)20(26-17-9-11-29-12-10-17)19(13-23-21)22(28)25-15(2)16-7-5-4-6-8-16/h4-8,13-15,17H,3,9-12H2,1-2H3,(H,23,26)(H,25,28)/t15-/m1/s1. The number of rotatable bonds is 6. The number of ether oxygens (including phenoxy) is 1. The van der Waals surface area contributed by atoms with Crippen LogP contribution < -0.4 is 10.6 Å². The van der Waals surface area contributed by atoms with E-state index in [1.165, 1.54) is 0 Å². The molecule has 7 nitrogen and oxygen atoms in total. The number of nitrogens with zero attached hydrogens (tertiary/aromatic N) is 3. The normalized spacial score (nSPS) is 15.9. The van der Waals surface area contributed by atoms with E-state index in [1.54, 1.807) is 12.4 Å². The van der Waals surface area contributed by atoms with Crippen molar-refractivity contribution < 1.29 is 9.53 Å². The average Bonchev–Trinajstić information content (AvgIpc) is 3.19. The van der Waals surface area contributed by atoms with Gasteiger partial charge in [0.2, 0.25) is 0 Å². The Bertz CT molecular complexity index is 980. The van der Waals surface area contributed by atoms with Crippen molar-refractivity contribution in [2.45, 2.75) is 45.3 Å². The predicted molar refractivity (Wildman–Crippen MR) is 113 cm³/mol. The summed E-state index contributed by atoms with van der Waals surface area (Å²) in [4.78, 5) is 17.7. The van der Waals surface area contributed by atoms with Crippen LogP contribution in [0.25, 0.3) is 11.0 Å². The van der Waals surface area contributed by atoms with Crippen molar-refractivity contribution in [1.82, 2.24) is 20.1 Å². The zero-order valence-corrected chi connectivity index (χ0v) is 16.9. The van der Waals surface area contributed by atoms with E-state index < -0.39 is 0 Å². The lowest BCUT2D eigenvalue weighted by Gasteiger charge is -2.26. The molecule has 0 bridgehead atoms. The maximum absolute atomic E-state index is 13.2. The molecule has 0 aliphatic carbocycles. The highest BCUT2D eigenvalue weighted by molar-refractivity contribution is 6.06. The highest BCUT2D eigenvalue weighted by Crippen LogP contribution is 2.29. The SMILES string of the molecule is CCn1ncc2c(NC3CCOCC3)c(C(=O)N[C@H](C)c3ccccc3)cnc21. The number of benzene rings is 1. The van der Waals surface area contributed by atoms with E-state index in [1.807, 2.05) is 48.9 Å². The highest BCUT2D eigenvalue weighted by atomic mass is 16.5. The van der Waals surface area contributed by atoms with Crippen molar-refractivity contribution in [3.8, 4) is 0 Å². The van der Waals surface area contributed by atoms with Crippen molar-refractivity contribution in [2.24, 2.45) is 0 Å². The first-order chi connectivity index (χ1) is 14.2. The first kappa shape index (κ1) is 19.4. The summed E-state index contributed by atoms with van der Waals surface area (Å²) in [7, 11) is 0. The fraction of sp³-hybridized carbons (Fsp3) is 0.409. The van der Waals surface area contributed by atoms with Crippen molar-refractivity contribution in [3.63, 3.8) is 0 Å². The second-order valence-corrected chi connectivity index (χ2v) is 7.38. The number of pyridine rings is 1. The minimum absolute atomic E-state index is 0.103. The van der Waals surface area contributed by atoms with Crippen molar-refractivity contribution >= 4 is 22.6 Å². The number of amides is 1. The Labute approximate surface area is 170 Å². The molecule has 3 aromatic rings. The second-order valence-electron chi connectivity index (χ2n) is 7.38. The van der Waals surface area contributed by atoms with Gasteiger partial charge in [-0.1, -0.05) is 30.3 Å². The molecule has 0 saturated carbocycles. The molecule has 152 valence electrons. The van der Waals surface area contributed by atoms with Crippen molar-refractivity contribution in [1.29, 1.82) is 0 Å². The van der Waals surface area contributed by atoms with Crippen molar-refractivity contribution in [3.05, 3.63) is 53.9 Å². The molecule has 1 aliphatic rings. The Balaban J connectivity index is 1.66. The van der Waals surface area contributed by atoms with Crippen LogP contribution in [-0.4, -0.2) is 39.9 Å². The zero-order valence-electron chi connectivity index (χ0n) is 16.9. The molecule has 1 aliphatic heterocycles. The lowest BCUT2D eigenvalue weighted by atomic mass is 10.1. The minimum Gasteiger partial charge on any atom is -0.381 e. The van der Waals surface area contributed by atoms with Crippen LogP contribution in [-0.2, 0) is 11.3 Å². The second kappa shape index (κ2) is 8.61. The molecular weight excluding hydrogens is 366 g/mol. The van der Waals surface area contributed by atoms with Gasteiger partial charge in [0.15, 0.2) is 5.65 Å². The van der Waals surface area contributed by atoms with E-state index >= 15 is 0 Å². The van der Waals surface area contributed by atoms with Gasteiger partial charge < -0.3 is 15.4 Å². The van der Waals surface area contributed by atoms with Gasteiger partial charge in [-0.3, -0.25) is 4.79 Å².